The van der Waals surface area contributed by atoms with Gasteiger partial charge in [0.05, 0.1) is 12.4 Å². The number of rotatable bonds is 2. The fourth-order valence-electron chi connectivity index (χ4n) is 1.09. The molecule has 6 heteroatoms. The summed E-state index contributed by atoms with van der Waals surface area (Å²) in [5, 5.41) is 6.59. The molecule has 6 nitrogen and oxygen atoms in total. The number of nitrogens with zero attached hydrogens (tertiary/aromatic N) is 4. The molecule has 0 saturated heterocycles. The Hall–Kier alpha value is -2.24. The Morgan fingerprint density at radius 1 is 1.40 bits per heavy atom. The molecular formula is C9H9N5O. The lowest BCUT2D eigenvalue weighted by molar-refractivity contribution is 0.102. The number of amides is 1. The summed E-state index contributed by atoms with van der Waals surface area (Å²) < 4.78 is 1.56. The van der Waals surface area contributed by atoms with Gasteiger partial charge >= 0.3 is 0 Å². The van der Waals surface area contributed by atoms with Crippen LogP contribution in [0.1, 0.15) is 10.5 Å². The smallest absolute Gasteiger partial charge is 0.277 e. The van der Waals surface area contributed by atoms with Crippen LogP contribution in [0.2, 0.25) is 0 Å². The van der Waals surface area contributed by atoms with Crippen molar-refractivity contribution in [3.8, 4) is 0 Å². The minimum atomic E-state index is -0.299. The molecule has 0 aliphatic rings. The Morgan fingerprint density at radius 3 is 2.87 bits per heavy atom. The lowest BCUT2D eigenvalue weighted by atomic mass is 10.4. The first-order chi connectivity index (χ1) is 7.27. The van der Waals surface area contributed by atoms with Crippen molar-refractivity contribution < 1.29 is 4.79 Å². The molecule has 76 valence electrons. The van der Waals surface area contributed by atoms with E-state index < -0.39 is 0 Å². The molecule has 0 spiro atoms. The zero-order valence-electron chi connectivity index (χ0n) is 8.08. The summed E-state index contributed by atoms with van der Waals surface area (Å²) in [5.41, 5.74) is 0.277. The van der Waals surface area contributed by atoms with Crippen molar-refractivity contribution in [2.75, 3.05) is 5.32 Å². The second-order valence-corrected chi connectivity index (χ2v) is 2.88. The van der Waals surface area contributed by atoms with E-state index >= 15 is 0 Å². The molecule has 2 aromatic rings. The van der Waals surface area contributed by atoms with E-state index in [0.29, 0.717) is 5.82 Å². The summed E-state index contributed by atoms with van der Waals surface area (Å²) in [6, 6.07) is 1.70. The van der Waals surface area contributed by atoms with E-state index in [1.165, 1.54) is 18.6 Å². The van der Waals surface area contributed by atoms with Crippen molar-refractivity contribution >= 4 is 11.7 Å². The van der Waals surface area contributed by atoms with Crippen LogP contribution >= 0.6 is 0 Å². The molecule has 0 aliphatic carbocycles. The number of hydrogen-bond acceptors (Lipinski definition) is 4. The zero-order valence-corrected chi connectivity index (χ0v) is 8.08. The predicted molar refractivity (Wildman–Crippen MR) is 53.2 cm³/mol. The quantitative estimate of drug-likeness (QED) is 0.769. The number of anilines is 1. The van der Waals surface area contributed by atoms with E-state index in [4.69, 9.17) is 0 Å². The van der Waals surface area contributed by atoms with Crippen LogP contribution in [0.15, 0.2) is 30.9 Å². The lowest BCUT2D eigenvalue weighted by Gasteiger charge is -2.03. The average Bonchev–Trinajstić information content (AvgIpc) is 2.66. The number of aromatic nitrogens is 4. The Balaban J connectivity index is 2.15. The molecule has 0 aromatic carbocycles. The molecule has 0 unspecified atom stereocenters. The van der Waals surface area contributed by atoms with Crippen LogP contribution in [0.25, 0.3) is 0 Å². The molecule has 2 heterocycles. The Bertz CT molecular complexity index is 464. The van der Waals surface area contributed by atoms with Gasteiger partial charge in [-0.1, -0.05) is 0 Å². The fourth-order valence-corrected chi connectivity index (χ4v) is 1.09. The lowest BCUT2D eigenvalue weighted by Crippen LogP contribution is -2.16. The molecule has 0 atom stereocenters. The average molecular weight is 203 g/mol. The molecule has 1 amide bonds. The molecule has 2 aromatic heterocycles. The topological polar surface area (TPSA) is 72.7 Å². The van der Waals surface area contributed by atoms with Crippen LogP contribution in [-0.2, 0) is 7.05 Å². The van der Waals surface area contributed by atoms with Gasteiger partial charge in [0, 0.05) is 25.5 Å². The standard InChI is InChI=1S/C9H9N5O/c1-14-8(2-3-12-14)13-9(15)7-6-10-4-5-11-7/h2-6H,1H3,(H,13,15). The molecule has 2 rings (SSSR count). The molecule has 0 saturated carbocycles. The molecule has 0 bridgehead atoms. The van der Waals surface area contributed by atoms with Crippen molar-refractivity contribution in [1.82, 2.24) is 19.7 Å². The fraction of sp³-hybridized carbons (Fsp3) is 0.111. The maximum atomic E-state index is 11.6. The van der Waals surface area contributed by atoms with Crippen molar-refractivity contribution in [2.45, 2.75) is 0 Å². The number of aryl methyl sites for hydroxylation is 1. The second kappa shape index (κ2) is 3.87. The molecule has 0 fully saturated rings. The van der Waals surface area contributed by atoms with Crippen LogP contribution in [0.4, 0.5) is 5.82 Å². The zero-order chi connectivity index (χ0) is 10.7. The monoisotopic (exact) mass is 203 g/mol. The summed E-state index contributed by atoms with van der Waals surface area (Å²) in [7, 11) is 1.74. The van der Waals surface area contributed by atoms with Crippen LogP contribution in [0, 0.1) is 0 Å². The minimum absolute atomic E-state index is 0.277. The molecule has 1 N–H and O–H groups in total. The van der Waals surface area contributed by atoms with E-state index in [1.807, 2.05) is 0 Å². The van der Waals surface area contributed by atoms with Crippen molar-refractivity contribution in [2.24, 2.45) is 7.05 Å². The van der Waals surface area contributed by atoms with Crippen LogP contribution in [0.5, 0.6) is 0 Å². The second-order valence-electron chi connectivity index (χ2n) is 2.88. The molecule has 0 radical (unpaired) electrons. The van der Waals surface area contributed by atoms with Gasteiger partial charge in [-0.25, -0.2) is 4.98 Å². The van der Waals surface area contributed by atoms with E-state index in [9.17, 15) is 4.79 Å². The van der Waals surface area contributed by atoms with Gasteiger partial charge in [-0.3, -0.25) is 14.5 Å². The summed E-state index contributed by atoms with van der Waals surface area (Å²) >= 11 is 0. The van der Waals surface area contributed by atoms with E-state index in [0.717, 1.165) is 0 Å². The van der Waals surface area contributed by atoms with Gasteiger partial charge in [-0.2, -0.15) is 5.10 Å². The highest BCUT2D eigenvalue weighted by Gasteiger charge is 2.08. The number of nitrogens with one attached hydrogen (secondary N) is 1. The summed E-state index contributed by atoms with van der Waals surface area (Å²) in [5.74, 6) is 0.317. The van der Waals surface area contributed by atoms with Crippen molar-refractivity contribution in [3.05, 3.63) is 36.5 Å². The largest absolute Gasteiger partial charge is 0.305 e. The highest BCUT2D eigenvalue weighted by atomic mass is 16.2. The highest BCUT2D eigenvalue weighted by Crippen LogP contribution is 2.04. The molecular weight excluding hydrogens is 194 g/mol. The van der Waals surface area contributed by atoms with Gasteiger partial charge < -0.3 is 5.32 Å². The number of carbonyl (C=O) groups is 1. The van der Waals surface area contributed by atoms with Crippen LogP contribution in [0.3, 0.4) is 0 Å². The third-order valence-electron chi connectivity index (χ3n) is 1.86. The first-order valence-electron chi connectivity index (χ1n) is 4.33. The van der Waals surface area contributed by atoms with Crippen molar-refractivity contribution in [3.63, 3.8) is 0 Å². The third-order valence-corrected chi connectivity index (χ3v) is 1.86. The highest BCUT2D eigenvalue weighted by molar-refractivity contribution is 6.02. The molecule has 15 heavy (non-hydrogen) atoms. The summed E-state index contributed by atoms with van der Waals surface area (Å²) in [4.78, 5) is 19.3. The third kappa shape index (κ3) is 1.98. The molecule has 0 aliphatic heterocycles. The van der Waals surface area contributed by atoms with Gasteiger partial charge in [0.25, 0.3) is 5.91 Å². The SMILES string of the molecule is Cn1nccc1NC(=O)c1cnccn1. The first-order valence-corrected chi connectivity index (χ1v) is 4.33. The number of hydrogen-bond donors (Lipinski definition) is 1. The van der Waals surface area contributed by atoms with E-state index in [-0.39, 0.29) is 11.6 Å². The first kappa shape index (κ1) is 9.32. The van der Waals surface area contributed by atoms with Gasteiger partial charge in [-0.05, 0) is 0 Å². The summed E-state index contributed by atoms with van der Waals surface area (Å²) in [6.07, 6.45) is 6.00. The van der Waals surface area contributed by atoms with Crippen LogP contribution in [-0.4, -0.2) is 25.7 Å². The normalized spacial score (nSPS) is 9.93. The van der Waals surface area contributed by atoms with Gasteiger partial charge in [0.15, 0.2) is 0 Å². The Labute approximate surface area is 86.0 Å². The van der Waals surface area contributed by atoms with Gasteiger partial charge in [0.1, 0.15) is 11.5 Å². The Morgan fingerprint density at radius 2 is 2.27 bits per heavy atom. The summed E-state index contributed by atoms with van der Waals surface area (Å²) in [6.45, 7) is 0. The van der Waals surface area contributed by atoms with Gasteiger partial charge in [0.2, 0.25) is 0 Å². The maximum absolute atomic E-state index is 11.6. The maximum Gasteiger partial charge on any atom is 0.277 e. The van der Waals surface area contributed by atoms with Crippen LogP contribution < -0.4 is 5.32 Å². The van der Waals surface area contributed by atoms with E-state index in [1.54, 1.807) is 24.0 Å². The van der Waals surface area contributed by atoms with E-state index in [2.05, 4.69) is 20.4 Å². The minimum Gasteiger partial charge on any atom is -0.305 e. The van der Waals surface area contributed by atoms with Crippen molar-refractivity contribution in [1.29, 1.82) is 0 Å². The van der Waals surface area contributed by atoms with Gasteiger partial charge in [-0.15, -0.1) is 0 Å². The Kier molecular flexibility index (Phi) is 2.40. The predicted octanol–water partition coefficient (Wildman–Crippen LogP) is 0.462. The number of carbonyl (C=O) groups excluding carboxylic acids is 1.